The number of aromatic carboxylic acids is 1. The van der Waals surface area contributed by atoms with Crippen molar-refractivity contribution in [1.82, 2.24) is 4.57 Å². The fraction of sp³-hybridized carbons (Fsp3) is 0.250. The van der Waals surface area contributed by atoms with Crippen molar-refractivity contribution in [2.24, 2.45) is 7.05 Å². The third-order valence-corrected chi connectivity index (χ3v) is 3.44. The van der Waals surface area contributed by atoms with Crippen LogP contribution in [0.2, 0.25) is 0 Å². The molecule has 5 heteroatoms. The number of hydrogen-bond donors (Lipinski definition) is 2. The van der Waals surface area contributed by atoms with Crippen LogP contribution in [0.15, 0.2) is 36.5 Å². The Hall–Kier alpha value is -2.56. The van der Waals surface area contributed by atoms with E-state index in [0.717, 1.165) is 12.0 Å². The van der Waals surface area contributed by atoms with Crippen molar-refractivity contribution in [2.75, 3.05) is 0 Å². The number of aryl methyl sites for hydroxylation is 3. The van der Waals surface area contributed by atoms with Gasteiger partial charge >= 0.3 is 11.9 Å². The van der Waals surface area contributed by atoms with E-state index < -0.39 is 11.9 Å². The summed E-state index contributed by atoms with van der Waals surface area (Å²) in [6.45, 7) is 0. The second kappa shape index (κ2) is 6.26. The summed E-state index contributed by atoms with van der Waals surface area (Å²) >= 11 is 0. The topological polar surface area (TPSA) is 79.5 Å². The second-order valence-corrected chi connectivity index (χ2v) is 4.95. The molecule has 2 rings (SSSR count). The molecule has 0 spiro atoms. The van der Waals surface area contributed by atoms with Crippen molar-refractivity contribution in [3.8, 4) is 0 Å². The van der Waals surface area contributed by atoms with Crippen molar-refractivity contribution >= 4 is 11.9 Å². The second-order valence-electron chi connectivity index (χ2n) is 4.95. The van der Waals surface area contributed by atoms with Crippen molar-refractivity contribution in [3.05, 3.63) is 58.9 Å². The summed E-state index contributed by atoms with van der Waals surface area (Å²) < 4.78 is 1.60. The van der Waals surface area contributed by atoms with Crippen LogP contribution >= 0.6 is 0 Å². The molecule has 2 aromatic rings. The molecule has 2 N–H and O–H groups in total. The minimum Gasteiger partial charge on any atom is -0.481 e. The number of aromatic nitrogens is 1. The van der Waals surface area contributed by atoms with Gasteiger partial charge in [0.15, 0.2) is 0 Å². The molecule has 0 aliphatic rings. The number of nitrogens with zero attached hydrogens (tertiary/aromatic N) is 1. The molecule has 0 radical (unpaired) electrons. The molecule has 0 amide bonds. The highest BCUT2D eigenvalue weighted by Gasteiger charge is 2.21. The number of carbonyl (C=O) groups is 2. The molecule has 21 heavy (non-hydrogen) atoms. The fourth-order valence-corrected chi connectivity index (χ4v) is 2.47. The van der Waals surface area contributed by atoms with Crippen LogP contribution in [0.3, 0.4) is 0 Å². The van der Waals surface area contributed by atoms with E-state index in [0.29, 0.717) is 17.7 Å². The summed E-state index contributed by atoms with van der Waals surface area (Å²) in [5.74, 6) is -2.11. The van der Waals surface area contributed by atoms with Gasteiger partial charge in [0.05, 0.1) is 12.0 Å². The SMILES string of the molecule is Cn1cc(CCc2ccccc2)c(C(=O)O)c1CC(=O)O. The first-order valence-corrected chi connectivity index (χ1v) is 6.65. The smallest absolute Gasteiger partial charge is 0.337 e. The number of carboxylic acid groups (broad SMARTS) is 2. The predicted octanol–water partition coefficient (Wildman–Crippen LogP) is 2.14. The van der Waals surface area contributed by atoms with E-state index in [1.165, 1.54) is 0 Å². The van der Waals surface area contributed by atoms with Gasteiger partial charge in [-0.25, -0.2) is 4.79 Å². The Balaban J connectivity index is 2.27. The average Bonchev–Trinajstić information content (AvgIpc) is 2.73. The minimum atomic E-state index is -1.07. The monoisotopic (exact) mass is 287 g/mol. The van der Waals surface area contributed by atoms with Crippen LogP contribution in [0.1, 0.15) is 27.2 Å². The summed E-state index contributed by atoms with van der Waals surface area (Å²) in [6, 6.07) is 9.78. The standard InChI is InChI=1S/C16H17NO4/c1-17-10-12(8-7-11-5-3-2-4-6-11)15(16(20)21)13(17)9-14(18)19/h2-6,10H,7-9H2,1H3,(H,18,19)(H,20,21). The molecule has 1 aromatic heterocycles. The quantitative estimate of drug-likeness (QED) is 0.853. The predicted molar refractivity (Wildman–Crippen MR) is 77.6 cm³/mol. The lowest BCUT2D eigenvalue weighted by molar-refractivity contribution is -0.136. The van der Waals surface area contributed by atoms with Crippen molar-refractivity contribution in [3.63, 3.8) is 0 Å². The lowest BCUT2D eigenvalue weighted by atomic mass is 10.0. The molecule has 0 bridgehead atoms. The first kappa shape index (κ1) is 14.8. The molecule has 0 saturated carbocycles. The third kappa shape index (κ3) is 3.51. The molecule has 0 fully saturated rings. The number of carboxylic acids is 2. The van der Waals surface area contributed by atoms with Crippen LogP contribution in [0, 0.1) is 0 Å². The van der Waals surface area contributed by atoms with Crippen LogP contribution in [-0.2, 0) is 31.1 Å². The van der Waals surface area contributed by atoms with Gasteiger partial charge in [-0.2, -0.15) is 0 Å². The molecule has 0 atom stereocenters. The maximum Gasteiger partial charge on any atom is 0.337 e. The molecule has 110 valence electrons. The third-order valence-electron chi connectivity index (χ3n) is 3.44. The molecule has 5 nitrogen and oxygen atoms in total. The van der Waals surface area contributed by atoms with Crippen molar-refractivity contribution in [1.29, 1.82) is 0 Å². The number of rotatable bonds is 6. The van der Waals surface area contributed by atoms with E-state index in [1.807, 2.05) is 30.3 Å². The summed E-state index contributed by atoms with van der Waals surface area (Å²) in [7, 11) is 1.68. The van der Waals surface area contributed by atoms with E-state index in [2.05, 4.69) is 0 Å². The van der Waals surface area contributed by atoms with Crippen LogP contribution in [0.4, 0.5) is 0 Å². The van der Waals surface area contributed by atoms with E-state index in [9.17, 15) is 14.7 Å². The summed E-state index contributed by atoms with van der Waals surface area (Å²) in [5, 5.41) is 18.3. The molecule has 0 saturated heterocycles. The number of hydrogen-bond acceptors (Lipinski definition) is 2. The number of aliphatic carboxylic acids is 1. The fourth-order valence-electron chi connectivity index (χ4n) is 2.47. The molecular formula is C16H17NO4. The van der Waals surface area contributed by atoms with E-state index in [-0.39, 0.29) is 12.0 Å². The molecular weight excluding hydrogens is 270 g/mol. The van der Waals surface area contributed by atoms with Crippen molar-refractivity contribution in [2.45, 2.75) is 19.3 Å². The maximum atomic E-state index is 11.4. The van der Waals surface area contributed by atoms with Crippen LogP contribution < -0.4 is 0 Å². The summed E-state index contributed by atoms with van der Waals surface area (Å²) in [5.41, 5.74) is 2.25. The normalized spacial score (nSPS) is 10.5. The van der Waals surface area contributed by atoms with Crippen LogP contribution in [0.5, 0.6) is 0 Å². The average molecular weight is 287 g/mol. The lowest BCUT2D eigenvalue weighted by Gasteiger charge is -2.03. The van der Waals surface area contributed by atoms with Gasteiger partial charge in [-0.1, -0.05) is 30.3 Å². The van der Waals surface area contributed by atoms with Gasteiger partial charge in [-0.15, -0.1) is 0 Å². The zero-order valence-corrected chi connectivity index (χ0v) is 11.7. The van der Waals surface area contributed by atoms with Gasteiger partial charge in [0.25, 0.3) is 0 Å². The van der Waals surface area contributed by atoms with E-state index in [4.69, 9.17) is 5.11 Å². The molecule has 0 unspecified atom stereocenters. The minimum absolute atomic E-state index is 0.121. The van der Waals surface area contributed by atoms with Gasteiger partial charge < -0.3 is 14.8 Å². The lowest BCUT2D eigenvalue weighted by Crippen LogP contribution is -2.11. The highest BCUT2D eigenvalue weighted by Crippen LogP contribution is 2.20. The van der Waals surface area contributed by atoms with Crippen molar-refractivity contribution < 1.29 is 19.8 Å². The Morgan fingerprint density at radius 3 is 2.33 bits per heavy atom. The summed E-state index contributed by atoms with van der Waals surface area (Å²) in [4.78, 5) is 22.3. The molecule has 1 heterocycles. The highest BCUT2D eigenvalue weighted by atomic mass is 16.4. The maximum absolute atomic E-state index is 11.4. The zero-order valence-electron chi connectivity index (χ0n) is 11.7. The first-order chi connectivity index (χ1) is 9.99. The van der Waals surface area contributed by atoms with Gasteiger partial charge in [0.1, 0.15) is 0 Å². The van der Waals surface area contributed by atoms with Gasteiger partial charge in [-0.3, -0.25) is 4.79 Å². The largest absolute Gasteiger partial charge is 0.481 e. The van der Waals surface area contributed by atoms with Crippen LogP contribution in [-0.4, -0.2) is 26.7 Å². The Kier molecular flexibility index (Phi) is 4.42. The van der Waals surface area contributed by atoms with Gasteiger partial charge in [0.2, 0.25) is 0 Å². The summed E-state index contributed by atoms with van der Waals surface area (Å²) in [6.07, 6.45) is 2.71. The Bertz CT molecular complexity index is 658. The van der Waals surface area contributed by atoms with E-state index in [1.54, 1.807) is 17.8 Å². The molecule has 1 aromatic carbocycles. The van der Waals surface area contributed by atoms with E-state index >= 15 is 0 Å². The van der Waals surface area contributed by atoms with Gasteiger partial charge in [0, 0.05) is 18.9 Å². The Morgan fingerprint density at radius 2 is 1.76 bits per heavy atom. The number of benzene rings is 1. The molecule has 0 aliphatic heterocycles. The zero-order chi connectivity index (χ0) is 15.4. The Morgan fingerprint density at radius 1 is 1.10 bits per heavy atom. The van der Waals surface area contributed by atoms with Crippen LogP contribution in [0.25, 0.3) is 0 Å². The van der Waals surface area contributed by atoms with Gasteiger partial charge in [-0.05, 0) is 24.0 Å². The highest BCUT2D eigenvalue weighted by molar-refractivity contribution is 5.92. The molecule has 0 aliphatic carbocycles. The first-order valence-electron chi connectivity index (χ1n) is 6.65. The Labute approximate surface area is 122 Å².